The molecule has 1 fully saturated rings. The molecule has 140 valence electrons. The van der Waals surface area contributed by atoms with E-state index < -0.39 is 28.1 Å². The van der Waals surface area contributed by atoms with Crippen LogP contribution in [0.15, 0.2) is 16.9 Å². The van der Waals surface area contributed by atoms with Crippen LogP contribution in [0.1, 0.15) is 12.0 Å². The fourth-order valence-corrected chi connectivity index (χ4v) is 3.54. The molecule has 2 aromatic rings. The third kappa shape index (κ3) is 3.15. The molecule has 1 aliphatic heterocycles. The van der Waals surface area contributed by atoms with Crippen LogP contribution in [-0.2, 0) is 6.18 Å². The number of amides is 1. The van der Waals surface area contributed by atoms with Crippen molar-refractivity contribution in [1.29, 1.82) is 0 Å². The quantitative estimate of drug-likeness (QED) is 0.726. The van der Waals surface area contributed by atoms with Gasteiger partial charge in [0, 0.05) is 31.6 Å². The molecular formula is C15H13BrF4N4O2. The van der Waals surface area contributed by atoms with E-state index in [9.17, 15) is 22.4 Å². The van der Waals surface area contributed by atoms with Crippen LogP contribution < -0.4 is 4.90 Å². The molecule has 0 radical (unpaired) electrons. The Hall–Kier alpha value is -2.17. The third-order valence-electron chi connectivity index (χ3n) is 4.41. The first-order valence-electron chi connectivity index (χ1n) is 7.52. The molecule has 1 aromatic heterocycles. The van der Waals surface area contributed by atoms with E-state index in [1.54, 1.807) is 11.9 Å². The van der Waals surface area contributed by atoms with Gasteiger partial charge >= 0.3 is 12.3 Å². The van der Waals surface area contributed by atoms with Crippen molar-refractivity contribution in [1.82, 2.24) is 14.9 Å². The van der Waals surface area contributed by atoms with Gasteiger partial charge in [-0.15, -0.1) is 0 Å². The Kier molecular flexibility index (Phi) is 4.67. The maximum Gasteiger partial charge on any atom is 0.417 e. The van der Waals surface area contributed by atoms with Gasteiger partial charge in [-0.05, 0) is 28.4 Å². The monoisotopic (exact) mass is 436 g/mol. The van der Waals surface area contributed by atoms with E-state index in [4.69, 9.17) is 5.11 Å². The molecule has 1 saturated heterocycles. The van der Waals surface area contributed by atoms with E-state index >= 15 is 0 Å². The number of carbonyl (C=O) groups is 1. The number of likely N-dealkylation sites (tertiary alicyclic amines) is 1. The Bertz CT molecular complexity index is 877. The highest BCUT2D eigenvalue weighted by Crippen LogP contribution is 2.40. The van der Waals surface area contributed by atoms with Crippen LogP contribution in [0.2, 0.25) is 0 Å². The number of aromatic nitrogens is 2. The number of rotatable bonds is 2. The van der Waals surface area contributed by atoms with Crippen molar-refractivity contribution in [3.8, 4) is 0 Å². The van der Waals surface area contributed by atoms with Gasteiger partial charge in [0.25, 0.3) is 0 Å². The molecule has 0 saturated carbocycles. The van der Waals surface area contributed by atoms with Crippen molar-refractivity contribution in [2.75, 3.05) is 25.0 Å². The molecule has 1 aliphatic rings. The second-order valence-electron chi connectivity index (χ2n) is 5.93. The molecule has 0 aliphatic carbocycles. The van der Waals surface area contributed by atoms with Gasteiger partial charge in [0.1, 0.15) is 17.7 Å². The highest BCUT2D eigenvalue weighted by molar-refractivity contribution is 9.10. The van der Waals surface area contributed by atoms with Gasteiger partial charge in [0.15, 0.2) is 5.82 Å². The Morgan fingerprint density at radius 1 is 1.42 bits per heavy atom. The first-order valence-corrected chi connectivity index (χ1v) is 8.31. The zero-order valence-corrected chi connectivity index (χ0v) is 15.0. The van der Waals surface area contributed by atoms with Crippen LogP contribution in [0.5, 0.6) is 0 Å². The van der Waals surface area contributed by atoms with Crippen LogP contribution >= 0.6 is 15.9 Å². The molecule has 26 heavy (non-hydrogen) atoms. The maximum atomic E-state index is 14.4. The van der Waals surface area contributed by atoms with Crippen LogP contribution in [0.25, 0.3) is 10.9 Å². The van der Waals surface area contributed by atoms with Gasteiger partial charge in [-0.25, -0.2) is 19.2 Å². The lowest BCUT2D eigenvalue weighted by atomic mass is 10.1. The van der Waals surface area contributed by atoms with Gasteiger partial charge < -0.3 is 14.9 Å². The summed E-state index contributed by atoms with van der Waals surface area (Å²) in [6.45, 7) is 0.490. The van der Waals surface area contributed by atoms with Gasteiger partial charge in [-0.3, -0.25) is 0 Å². The molecule has 0 unspecified atom stereocenters. The molecule has 1 atom stereocenters. The Balaban J connectivity index is 2.09. The summed E-state index contributed by atoms with van der Waals surface area (Å²) < 4.78 is 53.4. The average Bonchev–Trinajstić information content (AvgIpc) is 3.06. The van der Waals surface area contributed by atoms with Crippen LogP contribution in [0.4, 0.5) is 28.2 Å². The number of carboxylic acid groups (broad SMARTS) is 1. The van der Waals surface area contributed by atoms with Crippen molar-refractivity contribution < 1.29 is 27.5 Å². The summed E-state index contributed by atoms with van der Waals surface area (Å²) >= 11 is 2.65. The molecule has 2 heterocycles. The van der Waals surface area contributed by atoms with Gasteiger partial charge in [0.05, 0.1) is 10.0 Å². The number of hydrogen-bond acceptors (Lipinski definition) is 4. The molecule has 3 rings (SSSR count). The highest BCUT2D eigenvalue weighted by atomic mass is 79.9. The number of benzene rings is 1. The largest absolute Gasteiger partial charge is 0.465 e. The molecule has 1 aromatic carbocycles. The zero-order chi connectivity index (χ0) is 19.2. The molecule has 0 bridgehead atoms. The topological polar surface area (TPSA) is 69.6 Å². The van der Waals surface area contributed by atoms with Gasteiger partial charge in [-0.2, -0.15) is 13.2 Å². The summed E-state index contributed by atoms with van der Waals surface area (Å²) in [5.74, 6) is -1.01. The Morgan fingerprint density at radius 2 is 2.12 bits per heavy atom. The Morgan fingerprint density at radius 3 is 2.69 bits per heavy atom. The number of alkyl halides is 3. The summed E-state index contributed by atoms with van der Waals surface area (Å²) in [6.07, 6.45) is -4.27. The van der Waals surface area contributed by atoms with Crippen molar-refractivity contribution >= 4 is 38.7 Å². The number of anilines is 1. The lowest BCUT2D eigenvalue weighted by Gasteiger charge is -2.26. The van der Waals surface area contributed by atoms with Crippen molar-refractivity contribution in [3.63, 3.8) is 0 Å². The number of hydrogen-bond donors (Lipinski definition) is 1. The number of likely N-dealkylation sites (N-methyl/N-ethyl adjacent to an activating group) is 1. The number of nitrogens with zero attached hydrogens (tertiary/aromatic N) is 4. The molecule has 6 nitrogen and oxygen atoms in total. The normalized spacial score (nSPS) is 17.8. The van der Waals surface area contributed by atoms with Crippen molar-refractivity contribution in [2.45, 2.75) is 18.6 Å². The van der Waals surface area contributed by atoms with E-state index in [-0.39, 0.29) is 29.3 Å². The van der Waals surface area contributed by atoms with Crippen LogP contribution in [0, 0.1) is 5.82 Å². The summed E-state index contributed by atoms with van der Waals surface area (Å²) in [5, 5.41) is 8.96. The standard InChI is InChI=1S/C15H13BrF4N4O2/c1-23(7-2-3-24(5-7)14(25)26)13-8-4-9(15(18,19)20)10(16)11(17)12(8)21-6-22-13/h4,6-7H,2-3,5H2,1H3,(H,25,26)/t7-/m1/s1. The molecular weight excluding hydrogens is 424 g/mol. The van der Waals surface area contributed by atoms with Gasteiger partial charge in [-0.1, -0.05) is 0 Å². The molecule has 0 spiro atoms. The minimum atomic E-state index is -4.76. The maximum absolute atomic E-state index is 14.4. The number of halogens is 5. The number of fused-ring (bicyclic) bond motifs is 1. The summed E-state index contributed by atoms with van der Waals surface area (Å²) in [5.41, 5.74) is -1.40. The minimum Gasteiger partial charge on any atom is -0.465 e. The summed E-state index contributed by atoms with van der Waals surface area (Å²) in [4.78, 5) is 21.6. The fourth-order valence-electron chi connectivity index (χ4n) is 3.02. The smallest absolute Gasteiger partial charge is 0.417 e. The molecule has 1 amide bonds. The summed E-state index contributed by atoms with van der Waals surface area (Å²) in [7, 11) is 1.59. The average molecular weight is 437 g/mol. The fraction of sp³-hybridized carbons (Fsp3) is 0.400. The highest BCUT2D eigenvalue weighted by Gasteiger charge is 2.36. The Labute approximate surface area is 153 Å². The SMILES string of the molecule is CN(c1ncnc2c(F)c(Br)c(C(F)(F)F)cc12)[C@@H]1CCN(C(=O)O)C1. The predicted molar refractivity (Wildman–Crippen MR) is 88.6 cm³/mol. The summed E-state index contributed by atoms with van der Waals surface area (Å²) in [6, 6.07) is 0.517. The van der Waals surface area contributed by atoms with E-state index in [1.165, 1.54) is 4.90 Å². The lowest BCUT2D eigenvalue weighted by Crippen LogP contribution is -2.36. The van der Waals surface area contributed by atoms with Crippen molar-refractivity contribution in [2.24, 2.45) is 0 Å². The second kappa shape index (κ2) is 6.53. The van der Waals surface area contributed by atoms with E-state index in [1.807, 2.05) is 0 Å². The second-order valence-corrected chi connectivity index (χ2v) is 6.72. The lowest BCUT2D eigenvalue weighted by molar-refractivity contribution is -0.138. The zero-order valence-electron chi connectivity index (χ0n) is 13.4. The molecule has 1 N–H and O–H groups in total. The molecule has 11 heteroatoms. The van der Waals surface area contributed by atoms with Crippen LogP contribution in [0.3, 0.4) is 0 Å². The van der Waals surface area contributed by atoms with E-state index in [0.29, 0.717) is 13.0 Å². The minimum absolute atomic E-state index is 0.0863. The first-order chi connectivity index (χ1) is 12.1. The van der Waals surface area contributed by atoms with Gasteiger partial charge in [0.2, 0.25) is 0 Å². The first kappa shape index (κ1) is 18.6. The van der Waals surface area contributed by atoms with E-state index in [2.05, 4.69) is 25.9 Å². The predicted octanol–water partition coefficient (Wildman–Crippen LogP) is 3.74. The van der Waals surface area contributed by atoms with Crippen LogP contribution in [-0.4, -0.2) is 52.2 Å². The van der Waals surface area contributed by atoms with Crippen molar-refractivity contribution in [3.05, 3.63) is 28.2 Å². The van der Waals surface area contributed by atoms with E-state index in [0.717, 1.165) is 12.4 Å². The third-order valence-corrected chi connectivity index (χ3v) is 5.19.